The molecule has 4 N–H and O–H groups in total. The summed E-state index contributed by atoms with van der Waals surface area (Å²) in [6.07, 6.45) is -2.46. The molecule has 1 aromatic rings. The molecule has 0 radical (unpaired) electrons. The molecule has 0 atom stereocenters. The van der Waals surface area contributed by atoms with E-state index in [1.165, 1.54) is 13.4 Å². The first-order valence-corrected chi connectivity index (χ1v) is 6.41. The van der Waals surface area contributed by atoms with Gasteiger partial charge in [-0.1, -0.05) is 0 Å². The van der Waals surface area contributed by atoms with Crippen LogP contribution in [0.15, 0.2) is 11.3 Å². The number of carbonyl (C=O) groups excluding carboxylic acids is 1. The average molecular weight is 335 g/mol. The van der Waals surface area contributed by atoms with E-state index in [2.05, 4.69) is 25.1 Å². The molecule has 0 fully saturated rings. The van der Waals surface area contributed by atoms with Crippen LogP contribution >= 0.6 is 0 Å². The SMILES string of the molecule is COC(=O)CCCC(=N)n1cnc(NC(N)=NCC(F)(F)F)n1. The van der Waals surface area contributed by atoms with Crippen molar-refractivity contribution >= 4 is 23.7 Å². The van der Waals surface area contributed by atoms with Crippen LogP contribution in [0.3, 0.4) is 0 Å². The van der Waals surface area contributed by atoms with Gasteiger partial charge in [0.15, 0.2) is 5.96 Å². The molecule has 1 heterocycles. The Hall–Kier alpha value is -2.66. The fourth-order valence-corrected chi connectivity index (χ4v) is 1.40. The van der Waals surface area contributed by atoms with E-state index in [1.54, 1.807) is 0 Å². The Morgan fingerprint density at radius 1 is 1.52 bits per heavy atom. The monoisotopic (exact) mass is 335 g/mol. The topological polar surface area (TPSA) is 131 Å². The second-order valence-electron chi connectivity index (χ2n) is 4.33. The Morgan fingerprint density at radius 3 is 2.83 bits per heavy atom. The largest absolute Gasteiger partial charge is 0.469 e. The summed E-state index contributed by atoms with van der Waals surface area (Å²) in [5, 5.41) is 13.9. The lowest BCUT2D eigenvalue weighted by molar-refractivity contribution is -0.140. The molecular weight excluding hydrogens is 319 g/mol. The van der Waals surface area contributed by atoms with Gasteiger partial charge in [0.25, 0.3) is 0 Å². The van der Waals surface area contributed by atoms with Crippen molar-refractivity contribution in [3.63, 3.8) is 0 Å². The first-order chi connectivity index (χ1) is 10.7. The first kappa shape index (κ1) is 18.4. The summed E-state index contributed by atoms with van der Waals surface area (Å²) in [6, 6.07) is 0. The van der Waals surface area contributed by atoms with Gasteiger partial charge in [0.05, 0.1) is 7.11 Å². The summed E-state index contributed by atoms with van der Waals surface area (Å²) in [5.74, 6) is -0.906. The van der Waals surface area contributed by atoms with Crippen LogP contribution in [-0.2, 0) is 9.53 Å². The number of methoxy groups -OCH3 is 1. The van der Waals surface area contributed by atoms with Crippen LogP contribution in [0.25, 0.3) is 0 Å². The van der Waals surface area contributed by atoms with E-state index in [-0.39, 0.29) is 30.6 Å². The number of alkyl halides is 3. The lowest BCUT2D eigenvalue weighted by Gasteiger charge is -2.04. The van der Waals surface area contributed by atoms with Crippen LogP contribution in [-0.4, -0.2) is 52.4 Å². The van der Waals surface area contributed by atoms with Crippen LogP contribution in [0.2, 0.25) is 0 Å². The molecule has 0 saturated heterocycles. The standard InChI is InChI=1S/C11H16F3N7O2/c1-23-8(22)4-2-3-7(15)21-6-18-10(20-21)19-9(16)17-5-11(12,13)14/h6,15H,2-5H2,1H3,(H3,16,17,19,20). The summed E-state index contributed by atoms with van der Waals surface area (Å²) in [7, 11) is 1.27. The van der Waals surface area contributed by atoms with Crippen molar-refractivity contribution in [3.8, 4) is 0 Å². The molecule has 0 aliphatic heterocycles. The van der Waals surface area contributed by atoms with E-state index < -0.39 is 18.7 Å². The Kier molecular flexibility index (Phi) is 6.48. The smallest absolute Gasteiger partial charge is 0.408 e. The highest BCUT2D eigenvalue weighted by Crippen LogP contribution is 2.14. The summed E-state index contributed by atoms with van der Waals surface area (Å²) in [6.45, 7) is -1.42. The minimum atomic E-state index is -4.46. The predicted octanol–water partition coefficient (Wildman–Crippen LogP) is 0.736. The van der Waals surface area contributed by atoms with Gasteiger partial charge in [-0.25, -0.2) is 9.67 Å². The van der Waals surface area contributed by atoms with Crippen LogP contribution in [0.4, 0.5) is 19.1 Å². The molecule has 12 heteroatoms. The van der Waals surface area contributed by atoms with Gasteiger partial charge in [-0.2, -0.15) is 18.2 Å². The van der Waals surface area contributed by atoms with Gasteiger partial charge >= 0.3 is 12.1 Å². The second-order valence-corrected chi connectivity index (χ2v) is 4.33. The Morgan fingerprint density at radius 2 is 2.22 bits per heavy atom. The maximum Gasteiger partial charge on any atom is 0.408 e. The number of carbonyl (C=O) groups is 1. The Labute approximate surface area is 129 Å². The second kappa shape index (κ2) is 8.10. The number of halogens is 3. The van der Waals surface area contributed by atoms with Crippen LogP contribution < -0.4 is 11.1 Å². The molecule has 23 heavy (non-hydrogen) atoms. The predicted molar refractivity (Wildman–Crippen MR) is 75.2 cm³/mol. The number of nitrogens with zero attached hydrogens (tertiary/aromatic N) is 4. The molecule has 0 amide bonds. The van der Waals surface area contributed by atoms with Gasteiger partial charge in [0.2, 0.25) is 5.95 Å². The van der Waals surface area contributed by atoms with Gasteiger partial charge in [-0.3, -0.25) is 15.5 Å². The van der Waals surface area contributed by atoms with Gasteiger partial charge in [0.1, 0.15) is 18.7 Å². The summed E-state index contributed by atoms with van der Waals surface area (Å²) >= 11 is 0. The number of nitrogens with one attached hydrogen (secondary N) is 2. The third-order valence-electron chi connectivity index (χ3n) is 2.46. The molecule has 9 nitrogen and oxygen atoms in total. The molecule has 0 aliphatic carbocycles. The third kappa shape index (κ3) is 7.24. The van der Waals surface area contributed by atoms with Crippen molar-refractivity contribution in [1.82, 2.24) is 14.8 Å². The molecule has 1 rings (SSSR count). The summed E-state index contributed by atoms with van der Waals surface area (Å²) in [4.78, 5) is 17.8. The van der Waals surface area contributed by atoms with Crippen molar-refractivity contribution in [2.75, 3.05) is 19.0 Å². The van der Waals surface area contributed by atoms with E-state index in [9.17, 15) is 18.0 Å². The number of aromatic nitrogens is 3. The Balaban J connectivity index is 2.50. The molecule has 1 aromatic heterocycles. The minimum absolute atomic E-state index is 0.0558. The number of rotatable bonds is 6. The maximum absolute atomic E-state index is 12.0. The number of guanidine groups is 1. The van der Waals surface area contributed by atoms with E-state index in [1.807, 2.05) is 0 Å². The quantitative estimate of drug-likeness (QED) is 0.399. The Bertz CT molecular complexity index is 582. The van der Waals surface area contributed by atoms with Gasteiger partial charge in [0, 0.05) is 12.8 Å². The molecule has 0 aliphatic rings. The molecule has 0 saturated carbocycles. The van der Waals surface area contributed by atoms with E-state index >= 15 is 0 Å². The van der Waals surface area contributed by atoms with Gasteiger partial charge < -0.3 is 10.5 Å². The number of esters is 1. The van der Waals surface area contributed by atoms with E-state index in [4.69, 9.17) is 11.1 Å². The highest BCUT2D eigenvalue weighted by atomic mass is 19.4. The molecule has 0 bridgehead atoms. The van der Waals surface area contributed by atoms with Gasteiger partial charge in [-0.05, 0) is 6.42 Å². The van der Waals surface area contributed by atoms with Crippen molar-refractivity contribution in [3.05, 3.63) is 6.33 Å². The highest BCUT2D eigenvalue weighted by Gasteiger charge is 2.26. The van der Waals surface area contributed by atoms with Gasteiger partial charge in [-0.15, -0.1) is 5.10 Å². The lowest BCUT2D eigenvalue weighted by atomic mass is 10.2. The summed E-state index contributed by atoms with van der Waals surface area (Å²) in [5.41, 5.74) is 5.27. The maximum atomic E-state index is 12.0. The molecule has 0 unspecified atom stereocenters. The number of aliphatic imine (C=N–C) groups is 1. The van der Waals surface area contributed by atoms with Crippen molar-refractivity contribution < 1.29 is 22.7 Å². The van der Waals surface area contributed by atoms with Crippen molar-refractivity contribution in [2.45, 2.75) is 25.4 Å². The zero-order valence-corrected chi connectivity index (χ0v) is 12.2. The number of anilines is 1. The molecular formula is C11H16F3N7O2. The minimum Gasteiger partial charge on any atom is -0.469 e. The molecule has 0 spiro atoms. The van der Waals surface area contributed by atoms with E-state index in [0.717, 1.165) is 4.68 Å². The molecule has 128 valence electrons. The third-order valence-corrected chi connectivity index (χ3v) is 2.46. The zero-order chi connectivity index (χ0) is 17.5. The average Bonchev–Trinajstić information content (AvgIpc) is 2.92. The van der Waals surface area contributed by atoms with Crippen molar-refractivity contribution in [1.29, 1.82) is 5.41 Å². The fourth-order valence-electron chi connectivity index (χ4n) is 1.40. The number of hydrogen-bond acceptors (Lipinski definition) is 6. The number of ether oxygens (including phenoxy) is 1. The van der Waals surface area contributed by atoms with Crippen molar-refractivity contribution in [2.24, 2.45) is 10.7 Å². The van der Waals surface area contributed by atoms with Crippen LogP contribution in [0.5, 0.6) is 0 Å². The highest BCUT2D eigenvalue weighted by molar-refractivity contribution is 5.90. The molecule has 0 aromatic carbocycles. The lowest BCUT2D eigenvalue weighted by Crippen LogP contribution is -2.26. The van der Waals surface area contributed by atoms with E-state index in [0.29, 0.717) is 6.42 Å². The fraction of sp³-hybridized carbons (Fsp3) is 0.545. The number of hydrogen-bond donors (Lipinski definition) is 3. The summed E-state index contributed by atoms with van der Waals surface area (Å²) < 4.78 is 41.5. The normalized spacial score (nSPS) is 12.1. The first-order valence-electron chi connectivity index (χ1n) is 6.41. The number of nitrogens with two attached hydrogens (primary N) is 1. The zero-order valence-electron chi connectivity index (χ0n) is 12.2. The van der Waals surface area contributed by atoms with Crippen LogP contribution in [0, 0.1) is 5.41 Å². The van der Waals surface area contributed by atoms with Crippen LogP contribution in [0.1, 0.15) is 19.3 Å².